The number of nitrogens with zero attached hydrogens (tertiary/aromatic N) is 2. The Bertz CT molecular complexity index is 726. The third kappa shape index (κ3) is 3.24. The Hall–Kier alpha value is -2.28. The van der Waals surface area contributed by atoms with E-state index in [2.05, 4.69) is 10.4 Å². The fourth-order valence-electron chi connectivity index (χ4n) is 2.87. The Morgan fingerprint density at radius 1 is 1.43 bits per heavy atom. The highest BCUT2D eigenvalue weighted by molar-refractivity contribution is 5.94. The van der Waals surface area contributed by atoms with Crippen molar-refractivity contribution >= 4 is 5.91 Å². The summed E-state index contributed by atoms with van der Waals surface area (Å²) in [5.41, 5.74) is 0.438. The fourth-order valence-corrected chi connectivity index (χ4v) is 2.87. The molecule has 0 saturated heterocycles. The van der Waals surface area contributed by atoms with Gasteiger partial charge in [0, 0.05) is 18.8 Å². The van der Waals surface area contributed by atoms with E-state index in [1.54, 1.807) is 24.1 Å². The van der Waals surface area contributed by atoms with Crippen LogP contribution < -0.4 is 5.32 Å². The Morgan fingerprint density at radius 2 is 2.17 bits per heavy atom. The first-order chi connectivity index (χ1) is 10.9. The van der Waals surface area contributed by atoms with Gasteiger partial charge in [0.25, 0.3) is 5.91 Å². The van der Waals surface area contributed by atoms with E-state index in [4.69, 9.17) is 0 Å². The molecule has 7 heteroatoms. The van der Waals surface area contributed by atoms with E-state index in [1.165, 1.54) is 0 Å². The normalized spacial score (nSPS) is 21.6. The number of aliphatic hydroxyl groups is 1. The first-order valence-electron chi connectivity index (χ1n) is 7.36. The van der Waals surface area contributed by atoms with E-state index in [1.807, 2.05) is 0 Å². The van der Waals surface area contributed by atoms with Gasteiger partial charge in [-0.25, -0.2) is 8.78 Å². The lowest BCUT2D eigenvalue weighted by atomic mass is 9.75. The number of hydrogen-bond donors (Lipinski definition) is 2. The minimum absolute atomic E-state index is 0.0368. The van der Waals surface area contributed by atoms with Crippen molar-refractivity contribution in [1.29, 1.82) is 0 Å². The first kappa shape index (κ1) is 15.6. The van der Waals surface area contributed by atoms with Crippen molar-refractivity contribution in [3.63, 3.8) is 0 Å². The van der Waals surface area contributed by atoms with Crippen LogP contribution in [0.4, 0.5) is 8.78 Å². The molecule has 1 aliphatic rings. The van der Waals surface area contributed by atoms with Gasteiger partial charge in [-0.3, -0.25) is 9.48 Å². The molecule has 0 spiro atoms. The average Bonchev–Trinajstić information content (AvgIpc) is 2.90. The molecule has 1 heterocycles. The highest BCUT2D eigenvalue weighted by Gasteiger charge is 2.36. The van der Waals surface area contributed by atoms with Gasteiger partial charge in [-0.2, -0.15) is 5.10 Å². The molecule has 3 rings (SSSR count). The topological polar surface area (TPSA) is 67.2 Å². The molecule has 1 saturated carbocycles. The Morgan fingerprint density at radius 3 is 2.78 bits per heavy atom. The third-order valence-corrected chi connectivity index (χ3v) is 4.16. The van der Waals surface area contributed by atoms with Crippen LogP contribution in [-0.2, 0) is 7.05 Å². The number of benzene rings is 1. The van der Waals surface area contributed by atoms with Crippen LogP contribution in [0.2, 0.25) is 0 Å². The van der Waals surface area contributed by atoms with Gasteiger partial charge in [0.1, 0.15) is 11.6 Å². The van der Waals surface area contributed by atoms with E-state index in [9.17, 15) is 18.7 Å². The van der Waals surface area contributed by atoms with Gasteiger partial charge in [0.05, 0.1) is 23.9 Å². The van der Waals surface area contributed by atoms with Crippen LogP contribution in [-0.4, -0.2) is 26.9 Å². The maximum absolute atomic E-state index is 13.8. The number of hydrogen-bond acceptors (Lipinski definition) is 3. The molecule has 0 unspecified atom stereocenters. The number of halogens is 2. The third-order valence-electron chi connectivity index (χ3n) is 4.16. The SMILES string of the molecule is Cn1cc([C@H](NC(=O)c2cc(F)ccc2F)C2CC(O)C2)cn1. The summed E-state index contributed by atoms with van der Waals surface area (Å²) in [6.45, 7) is 0. The maximum Gasteiger partial charge on any atom is 0.254 e. The zero-order valence-corrected chi connectivity index (χ0v) is 12.5. The molecule has 1 aromatic carbocycles. The summed E-state index contributed by atoms with van der Waals surface area (Å²) in [5, 5.41) is 16.3. The van der Waals surface area contributed by atoms with Gasteiger partial charge in [-0.1, -0.05) is 0 Å². The molecule has 1 fully saturated rings. The van der Waals surface area contributed by atoms with Crippen molar-refractivity contribution in [3.05, 3.63) is 53.4 Å². The van der Waals surface area contributed by atoms with Gasteiger partial charge >= 0.3 is 0 Å². The summed E-state index contributed by atoms with van der Waals surface area (Å²) in [7, 11) is 1.75. The predicted octanol–water partition coefficient (Wildman–Crippen LogP) is 1.94. The van der Waals surface area contributed by atoms with Crippen LogP contribution >= 0.6 is 0 Å². The summed E-state index contributed by atoms with van der Waals surface area (Å²) in [6, 6.07) is 2.37. The van der Waals surface area contributed by atoms with Gasteiger partial charge in [-0.05, 0) is 37.0 Å². The lowest BCUT2D eigenvalue weighted by Gasteiger charge is -2.37. The van der Waals surface area contributed by atoms with Gasteiger partial charge in [-0.15, -0.1) is 0 Å². The second-order valence-corrected chi connectivity index (χ2v) is 5.91. The molecule has 0 radical (unpaired) electrons. The number of aliphatic hydroxyl groups excluding tert-OH is 1. The van der Waals surface area contributed by atoms with E-state index in [0.717, 1.165) is 23.8 Å². The Kier molecular flexibility index (Phi) is 4.12. The van der Waals surface area contributed by atoms with Gasteiger partial charge in [0.2, 0.25) is 0 Å². The number of amides is 1. The van der Waals surface area contributed by atoms with Crippen molar-refractivity contribution < 1.29 is 18.7 Å². The van der Waals surface area contributed by atoms with Crippen LogP contribution in [0.5, 0.6) is 0 Å². The molecule has 1 atom stereocenters. The molecule has 1 amide bonds. The van der Waals surface area contributed by atoms with E-state index < -0.39 is 23.6 Å². The fraction of sp³-hybridized carbons (Fsp3) is 0.375. The standard InChI is InChI=1S/C16H17F2N3O2/c1-21-8-10(7-19-21)15(9-4-12(22)5-9)20-16(23)13-6-11(17)2-3-14(13)18/h2-3,6-9,12,15,22H,4-5H2,1H3,(H,20,23)/t9?,12?,15-/m1/s1. The molecule has 0 aliphatic heterocycles. The van der Waals surface area contributed by atoms with Crippen LogP contribution in [0, 0.1) is 17.6 Å². The summed E-state index contributed by atoms with van der Waals surface area (Å²) in [5.74, 6) is -2.09. The molecule has 1 aromatic heterocycles. The van der Waals surface area contributed by atoms with E-state index >= 15 is 0 Å². The van der Waals surface area contributed by atoms with Crippen LogP contribution in [0.15, 0.2) is 30.6 Å². The summed E-state index contributed by atoms with van der Waals surface area (Å²) >= 11 is 0. The second-order valence-electron chi connectivity index (χ2n) is 5.91. The van der Waals surface area contributed by atoms with Gasteiger partial charge < -0.3 is 10.4 Å². The number of rotatable bonds is 4. The highest BCUT2D eigenvalue weighted by atomic mass is 19.1. The molecule has 2 N–H and O–H groups in total. The second kappa shape index (κ2) is 6.08. The highest BCUT2D eigenvalue weighted by Crippen LogP contribution is 2.38. The van der Waals surface area contributed by atoms with Crippen molar-refractivity contribution in [2.24, 2.45) is 13.0 Å². The number of aromatic nitrogens is 2. The Balaban J connectivity index is 1.83. The maximum atomic E-state index is 13.8. The molecular formula is C16H17F2N3O2. The molecule has 0 bridgehead atoms. The largest absolute Gasteiger partial charge is 0.393 e. The van der Waals surface area contributed by atoms with Crippen molar-refractivity contribution in [3.8, 4) is 0 Å². The van der Waals surface area contributed by atoms with Crippen molar-refractivity contribution in [2.75, 3.05) is 0 Å². The van der Waals surface area contributed by atoms with Crippen molar-refractivity contribution in [2.45, 2.75) is 25.0 Å². The summed E-state index contributed by atoms with van der Waals surface area (Å²) < 4.78 is 28.6. The molecule has 2 aromatic rings. The molecule has 23 heavy (non-hydrogen) atoms. The number of carbonyl (C=O) groups is 1. The minimum Gasteiger partial charge on any atom is -0.393 e. The smallest absolute Gasteiger partial charge is 0.254 e. The van der Waals surface area contributed by atoms with E-state index in [-0.39, 0.29) is 17.6 Å². The monoisotopic (exact) mass is 321 g/mol. The summed E-state index contributed by atoms with van der Waals surface area (Å²) in [6.07, 6.45) is 4.09. The van der Waals surface area contributed by atoms with E-state index in [0.29, 0.717) is 12.8 Å². The molecular weight excluding hydrogens is 304 g/mol. The van der Waals surface area contributed by atoms with Crippen LogP contribution in [0.25, 0.3) is 0 Å². The number of nitrogens with one attached hydrogen (secondary N) is 1. The zero-order chi connectivity index (χ0) is 16.6. The lowest BCUT2D eigenvalue weighted by molar-refractivity contribution is 0.0234. The lowest BCUT2D eigenvalue weighted by Crippen LogP contribution is -2.41. The number of carbonyl (C=O) groups excluding carboxylic acids is 1. The minimum atomic E-state index is -0.775. The van der Waals surface area contributed by atoms with Crippen LogP contribution in [0.1, 0.15) is 34.8 Å². The molecule has 5 nitrogen and oxygen atoms in total. The first-order valence-corrected chi connectivity index (χ1v) is 7.36. The summed E-state index contributed by atoms with van der Waals surface area (Å²) in [4.78, 5) is 12.3. The zero-order valence-electron chi connectivity index (χ0n) is 12.5. The Labute approximate surface area is 131 Å². The van der Waals surface area contributed by atoms with Crippen molar-refractivity contribution in [1.82, 2.24) is 15.1 Å². The molecule has 1 aliphatic carbocycles. The predicted molar refractivity (Wildman–Crippen MR) is 78.5 cm³/mol. The number of aryl methyl sites for hydroxylation is 1. The van der Waals surface area contributed by atoms with Gasteiger partial charge in [0.15, 0.2) is 0 Å². The van der Waals surface area contributed by atoms with Crippen LogP contribution in [0.3, 0.4) is 0 Å². The average molecular weight is 321 g/mol. The quantitative estimate of drug-likeness (QED) is 0.904. The molecule has 122 valence electrons.